The monoisotopic (exact) mass is 342 g/mol. The van der Waals surface area contributed by atoms with Gasteiger partial charge in [-0.3, -0.25) is 4.79 Å². The topological polar surface area (TPSA) is 66.4 Å². The smallest absolute Gasteiger partial charge is 0.545 e. The predicted octanol–water partition coefficient (Wildman–Crippen LogP) is 0.880. The molecule has 1 aromatic carbocycles. The van der Waals surface area contributed by atoms with E-state index in [2.05, 4.69) is 6.92 Å². The van der Waals surface area contributed by atoms with Crippen molar-refractivity contribution in [3.8, 4) is 5.75 Å². The summed E-state index contributed by atoms with van der Waals surface area (Å²) in [6.45, 7) is 2.22. The summed E-state index contributed by atoms with van der Waals surface area (Å²) in [5.41, 5.74) is 0.0729. The van der Waals surface area contributed by atoms with E-state index >= 15 is 0 Å². The molecule has 0 atom stereocenters. The van der Waals surface area contributed by atoms with Gasteiger partial charge in [0.15, 0.2) is 0 Å². The molecule has 5 heteroatoms. The fraction of sp³-hybridized carbons (Fsp3) is 0.579. The summed E-state index contributed by atoms with van der Waals surface area (Å²) >= 11 is 0. The van der Waals surface area contributed by atoms with Gasteiger partial charge in [0.25, 0.3) is 0 Å². The number of benzene rings is 1. The number of rotatable bonds is 12. The fourth-order valence-electron chi connectivity index (χ4n) is 2.42. The summed E-state index contributed by atoms with van der Waals surface area (Å²) in [5, 5.41) is 10.6. The van der Waals surface area contributed by atoms with E-state index in [0.717, 1.165) is 12.8 Å². The van der Waals surface area contributed by atoms with Crippen LogP contribution in [0.4, 0.5) is 0 Å². The summed E-state index contributed by atoms with van der Waals surface area (Å²) in [7, 11) is 0. The van der Waals surface area contributed by atoms with Gasteiger partial charge in [0.05, 0.1) is 5.97 Å². The van der Waals surface area contributed by atoms with E-state index in [9.17, 15) is 14.7 Å². The summed E-state index contributed by atoms with van der Waals surface area (Å²) in [5.74, 6) is -1.14. The van der Waals surface area contributed by atoms with Crippen LogP contribution in [0.25, 0.3) is 0 Å². The largest absolute Gasteiger partial charge is 1.00 e. The maximum atomic E-state index is 11.7. The Morgan fingerprint density at radius 3 is 1.88 bits per heavy atom. The standard InChI is InChI=1S/C19H28O4.Na/c1-2-3-4-5-6-7-8-9-10-11-18(20)23-17-14-12-16(13-15-17)19(21)22;/h12-15H,2-11H2,1H3,(H,21,22);/q;+1/p-1. The van der Waals surface area contributed by atoms with Crippen molar-refractivity contribution in [1.29, 1.82) is 0 Å². The zero-order valence-electron chi connectivity index (χ0n) is 15.0. The van der Waals surface area contributed by atoms with E-state index in [-0.39, 0.29) is 41.1 Å². The second-order valence-electron chi connectivity index (χ2n) is 5.86. The van der Waals surface area contributed by atoms with Crippen molar-refractivity contribution in [3.63, 3.8) is 0 Å². The van der Waals surface area contributed by atoms with E-state index in [0.29, 0.717) is 12.2 Å². The van der Waals surface area contributed by atoms with Crippen molar-refractivity contribution in [1.82, 2.24) is 0 Å². The third kappa shape index (κ3) is 10.8. The number of unbranched alkanes of at least 4 members (excludes halogenated alkanes) is 8. The van der Waals surface area contributed by atoms with Crippen LogP contribution in [0.1, 0.15) is 81.5 Å². The third-order valence-corrected chi connectivity index (χ3v) is 3.81. The number of hydrogen-bond acceptors (Lipinski definition) is 4. The van der Waals surface area contributed by atoms with Gasteiger partial charge in [0, 0.05) is 6.42 Å². The van der Waals surface area contributed by atoms with E-state index in [1.165, 1.54) is 69.2 Å². The van der Waals surface area contributed by atoms with Crippen molar-refractivity contribution in [3.05, 3.63) is 29.8 Å². The molecule has 0 aromatic heterocycles. The third-order valence-electron chi connectivity index (χ3n) is 3.81. The van der Waals surface area contributed by atoms with Crippen LogP contribution < -0.4 is 39.4 Å². The molecular weight excluding hydrogens is 315 g/mol. The number of carboxylic acids is 1. The molecule has 0 fully saturated rings. The molecule has 0 aliphatic rings. The van der Waals surface area contributed by atoms with Crippen molar-refractivity contribution >= 4 is 11.9 Å². The molecule has 4 nitrogen and oxygen atoms in total. The molecule has 0 radical (unpaired) electrons. The molecule has 0 aliphatic carbocycles. The van der Waals surface area contributed by atoms with E-state index in [1.807, 2.05) is 0 Å². The average Bonchev–Trinajstić information content (AvgIpc) is 2.54. The molecule has 0 amide bonds. The molecular formula is C19H27NaO4. The van der Waals surface area contributed by atoms with Crippen LogP contribution in [-0.2, 0) is 4.79 Å². The molecule has 1 rings (SSSR count). The molecule has 0 bridgehead atoms. The van der Waals surface area contributed by atoms with E-state index in [1.54, 1.807) is 0 Å². The van der Waals surface area contributed by atoms with Crippen molar-refractivity contribution in [2.75, 3.05) is 0 Å². The summed E-state index contributed by atoms with van der Waals surface area (Å²) in [6.07, 6.45) is 11.2. The Balaban J connectivity index is 0.00000529. The van der Waals surface area contributed by atoms with Gasteiger partial charge < -0.3 is 14.6 Å². The maximum Gasteiger partial charge on any atom is 1.00 e. The molecule has 0 saturated heterocycles. The Bertz CT molecular complexity index is 471. The Morgan fingerprint density at radius 1 is 0.875 bits per heavy atom. The zero-order valence-corrected chi connectivity index (χ0v) is 17.0. The van der Waals surface area contributed by atoms with Crippen LogP contribution in [-0.4, -0.2) is 11.9 Å². The Kier molecular flexibility index (Phi) is 14.0. The first kappa shape index (κ1) is 23.2. The normalized spacial score (nSPS) is 10.0. The minimum Gasteiger partial charge on any atom is -0.545 e. The van der Waals surface area contributed by atoms with Gasteiger partial charge in [-0.2, -0.15) is 0 Å². The average molecular weight is 342 g/mol. The van der Waals surface area contributed by atoms with E-state index in [4.69, 9.17) is 4.74 Å². The first-order valence-electron chi connectivity index (χ1n) is 8.65. The van der Waals surface area contributed by atoms with Crippen LogP contribution >= 0.6 is 0 Å². The van der Waals surface area contributed by atoms with Crippen LogP contribution in [0.15, 0.2) is 24.3 Å². The number of ether oxygens (including phenoxy) is 1. The van der Waals surface area contributed by atoms with Gasteiger partial charge in [-0.1, -0.05) is 58.3 Å². The minimum atomic E-state index is -1.24. The second-order valence-corrected chi connectivity index (χ2v) is 5.86. The van der Waals surface area contributed by atoms with Crippen LogP contribution in [0.2, 0.25) is 0 Å². The summed E-state index contributed by atoms with van der Waals surface area (Å²) in [6, 6.07) is 5.69. The molecule has 0 aliphatic heterocycles. The summed E-state index contributed by atoms with van der Waals surface area (Å²) < 4.78 is 5.17. The second kappa shape index (κ2) is 14.5. The Labute approximate surface area is 167 Å². The SMILES string of the molecule is CCCCCCCCCCCC(=O)Oc1ccc(C(=O)[O-])cc1.[Na+]. The van der Waals surface area contributed by atoms with Crippen LogP contribution in [0.5, 0.6) is 5.75 Å². The number of aromatic carboxylic acids is 1. The number of carboxylic acid groups (broad SMARTS) is 1. The van der Waals surface area contributed by atoms with Crippen LogP contribution in [0, 0.1) is 0 Å². The van der Waals surface area contributed by atoms with Gasteiger partial charge in [0.2, 0.25) is 0 Å². The van der Waals surface area contributed by atoms with Gasteiger partial charge >= 0.3 is 35.5 Å². The molecule has 1 aromatic rings. The fourth-order valence-corrected chi connectivity index (χ4v) is 2.42. The van der Waals surface area contributed by atoms with Gasteiger partial charge in [-0.25, -0.2) is 0 Å². The number of hydrogen-bond donors (Lipinski definition) is 0. The molecule has 0 heterocycles. The summed E-state index contributed by atoms with van der Waals surface area (Å²) in [4.78, 5) is 22.3. The minimum absolute atomic E-state index is 0. The van der Waals surface area contributed by atoms with Crippen molar-refractivity contribution in [2.24, 2.45) is 0 Å². The quantitative estimate of drug-likeness (QED) is 0.245. The first-order valence-corrected chi connectivity index (χ1v) is 8.65. The van der Waals surface area contributed by atoms with Crippen LogP contribution in [0.3, 0.4) is 0 Å². The predicted molar refractivity (Wildman–Crippen MR) is 88.3 cm³/mol. The molecule has 0 saturated carbocycles. The number of esters is 1. The Hall–Kier alpha value is -0.840. The maximum absolute atomic E-state index is 11.7. The van der Waals surface area contributed by atoms with Gasteiger partial charge in [0.1, 0.15) is 5.75 Å². The first-order chi connectivity index (χ1) is 11.1. The van der Waals surface area contributed by atoms with Crippen molar-refractivity contribution < 1.29 is 49.0 Å². The Morgan fingerprint density at radius 2 is 1.38 bits per heavy atom. The molecule has 128 valence electrons. The van der Waals surface area contributed by atoms with Gasteiger partial charge in [-0.05, 0) is 36.2 Å². The number of carbonyl (C=O) groups excluding carboxylic acids is 2. The van der Waals surface area contributed by atoms with Crippen molar-refractivity contribution in [2.45, 2.75) is 71.1 Å². The van der Waals surface area contributed by atoms with Gasteiger partial charge in [-0.15, -0.1) is 0 Å². The zero-order chi connectivity index (χ0) is 16.9. The molecule has 24 heavy (non-hydrogen) atoms. The number of carbonyl (C=O) groups is 2. The molecule has 0 spiro atoms. The molecule has 0 unspecified atom stereocenters. The van der Waals surface area contributed by atoms with E-state index < -0.39 is 5.97 Å². The molecule has 0 N–H and O–H groups in total.